The maximum absolute atomic E-state index is 13.1. The van der Waals surface area contributed by atoms with Crippen LogP contribution < -0.4 is 0 Å². The molecule has 27 heavy (non-hydrogen) atoms. The molecule has 1 saturated carbocycles. The third-order valence-electron chi connectivity index (χ3n) is 5.60. The van der Waals surface area contributed by atoms with Crippen LogP contribution in [0.25, 0.3) is 0 Å². The molecule has 1 N–H and O–H groups in total. The van der Waals surface area contributed by atoms with E-state index in [1.807, 2.05) is 25.5 Å². The summed E-state index contributed by atoms with van der Waals surface area (Å²) in [5, 5.41) is 13.6. The number of hydrogen-bond donors (Lipinski definition) is 1. The molecule has 3 unspecified atom stereocenters. The molecule has 1 aromatic carbocycles. The first-order valence-corrected chi connectivity index (χ1v) is 10.2. The Balaban J connectivity index is 1.91. The molecule has 2 nitrogen and oxygen atoms in total. The van der Waals surface area contributed by atoms with Gasteiger partial charge in [0.05, 0.1) is 11.2 Å². The Morgan fingerprint density at radius 1 is 1.22 bits per heavy atom. The van der Waals surface area contributed by atoms with E-state index >= 15 is 0 Å². The molecule has 1 fully saturated rings. The molecular formula is C21H26F3NOS. The maximum Gasteiger partial charge on any atom is 0.416 e. The summed E-state index contributed by atoms with van der Waals surface area (Å²) < 4.78 is 39.2. The Hall–Kier alpha value is -1.37. The van der Waals surface area contributed by atoms with Gasteiger partial charge < -0.3 is 10.0 Å². The minimum Gasteiger partial charge on any atom is -0.389 e. The first-order chi connectivity index (χ1) is 12.7. The third-order valence-corrected chi connectivity index (χ3v) is 6.54. The molecule has 6 heteroatoms. The van der Waals surface area contributed by atoms with E-state index in [1.165, 1.54) is 17.0 Å². The second-order valence-corrected chi connectivity index (χ2v) is 8.73. The lowest BCUT2D eigenvalue weighted by atomic mass is 9.68. The SMILES string of the molecule is CN(C)C(c1cccs1)C1CCCCC1(O)Cc1cccc(C(F)(F)F)c1. The summed E-state index contributed by atoms with van der Waals surface area (Å²) in [5.74, 6) is -0.0190. The Labute approximate surface area is 162 Å². The Kier molecular flexibility index (Phi) is 5.99. The monoisotopic (exact) mass is 397 g/mol. The minimum absolute atomic E-state index is 0.0190. The standard InChI is InChI=1S/C21H26F3NOS/c1-25(2)19(18-10-6-12-27-18)17-9-3-4-11-20(17,26)14-15-7-5-8-16(13-15)21(22,23)24/h5-8,10,12-13,17,19,26H,3-4,9,11,14H2,1-2H3. The Bertz CT molecular complexity index is 744. The van der Waals surface area contributed by atoms with Gasteiger partial charge in [0.25, 0.3) is 0 Å². The first-order valence-electron chi connectivity index (χ1n) is 9.29. The minimum atomic E-state index is -4.37. The molecule has 3 rings (SSSR count). The van der Waals surface area contributed by atoms with Crippen molar-refractivity contribution in [1.82, 2.24) is 4.90 Å². The van der Waals surface area contributed by atoms with Crippen molar-refractivity contribution in [1.29, 1.82) is 0 Å². The molecule has 0 saturated heterocycles. The number of nitrogens with zero attached hydrogens (tertiary/aromatic N) is 1. The number of benzene rings is 1. The van der Waals surface area contributed by atoms with E-state index in [-0.39, 0.29) is 18.4 Å². The highest BCUT2D eigenvalue weighted by atomic mass is 32.1. The maximum atomic E-state index is 13.1. The number of alkyl halides is 3. The van der Waals surface area contributed by atoms with Crippen LogP contribution in [0, 0.1) is 5.92 Å². The van der Waals surface area contributed by atoms with Gasteiger partial charge in [0.2, 0.25) is 0 Å². The summed E-state index contributed by atoms with van der Waals surface area (Å²) in [4.78, 5) is 3.31. The number of hydrogen-bond acceptors (Lipinski definition) is 3. The van der Waals surface area contributed by atoms with Crippen molar-refractivity contribution in [2.45, 2.75) is 49.9 Å². The number of thiophene rings is 1. The number of aliphatic hydroxyl groups is 1. The highest BCUT2D eigenvalue weighted by molar-refractivity contribution is 7.10. The predicted molar refractivity (Wildman–Crippen MR) is 103 cm³/mol. The van der Waals surface area contributed by atoms with Crippen molar-refractivity contribution in [2.24, 2.45) is 5.92 Å². The zero-order valence-corrected chi connectivity index (χ0v) is 16.5. The van der Waals surface area contributed by atoms with Gasteiger partial charge in [-0.05, 0) is 50.0 Å². The summed E-state index contributed by atoms with van der Waals surface area (Å²) in [6.45, 7) is 0. The van der Waals surface area contributed by atoms with Gasteiger partial charge in [0.1, 0.15) is 0 Å². The van der Waals surface area contributed by atoms with Crippen LogP contribution in [0.5, 0.6) is 0 Å². The van der Waals surface area contributed by atoms with Gasteiger partial charge in [0, 0.05) is 23.3 Å². The normalized spacial score (nSPS) is 24.9. The van der Waals surface area contributed by atoms with E-state index in [0.717, 1.165) is 25.3 Å². The van der Waals surface area contributed by atoms with Gasteiger partial charge in [-0.15, -0.1) is 11.3 Å². The second-order valence-electron chi connectivity index (χ2n) is 7.75. The Morgan fingerprint density at radius 3 is 2.63 bits per heavy atom. The van der Waals surface area contributed by atoms with Crippen molar-refractivity contribution < 1.29 is 18.3 Å². The van der Waals surface area contributed by atoms with Gasteiger partial charge in [-0.2, -0.15) is 13.2 Å². The van der Waals surface area contributed by atoms with Gasteiger partial charge in [-0.1, -0.05) is 37.1 Å². The van der Waals surface area contributed by atoms with Gasteiger partial charge >= 0.3 is 6.18 Å². The molecule has 1 heterocycles. The average molecular weight is 398 g/mol. The molecule has 2 aromatic rings. The molecule has 0 bridgehead atoms. The van der Waals surface area contributed by atoms with E-state index in [0.29, 0.717) is 12.0 Å². The van der Waals surface area contributed by atoms with Crippen LogP contribution in [-0.4, -0.2) is 29.7 Å². The molecule has 148 valence electrons. The average Bonchev–Trinajstić information content (AvgIpc) is 3.10. The van der Waals surface area contributed by atoms with Crippen molar-refractivity contribution in [3.05, 3.63) is 57.8 Å². The molecule has 0 radical (unpaired) electrons. The van der Waals surface area contributed by atoms with E-state index in [2.05, 4.69) is 11.0 Å². The van der Waals surface area contributed by atoms with Crippen molar-refractivity contribution in [3.8, 4) is 0 Å². The fourth-order valence-corrected chi connectivity index (χ4v) is 5.39. The molecule has 0 amide bonds. The van der Waals surface area contributed by atoms with E-state index in [9.17, 15) is 18.3 Å². The van der Waals surface area contributed by atoms with Gasteiger partial charge in [-0.3, -0.25) is 0 Å². The molecule has 1 aromatic heterocycles. The zero-order valence-electron chi connectivity index (χ0n) is 15.7. The molecular weight excluding hydrogens is 371 g/mol. The first kappa shape index (κ1) is 20.4. The molecule has 1 aliphatic carbocycles. The fraction of sp³-hybridized carbons (Fsp3) is 0.524. The smallest absolute Gasteiger partial charge is 0.389 e. The highest BCUT2D eigenvalue weighted by Crippen LogP contribution is 2.46. The molecule has 0 aliphatic heterocycles. The van der Waals surface area contributed by atoms with Crippen LogP contribution in [0.1, 0.15) is 47.7 Å². The fourth-order valence-electron chi connectivity index (χ4n) is 4.40. The highest BCUT2D eigenvalue weighted by Gasteiger charge is 2.45. The zero-order chi connectivity index (χ0) is 19.7. The van der Waals surface area contributed by atoms with Crippen molar-refractivity contribution in [2.75, 3.05) is 14.1 Å². The summed E-state index contributed by atoms with van der Waals surface area (Å²) in [7, 11) is 4.01. The Morgan fingerprint density at radius 2 is 2.00 bits per heavy atom. The van der Waals surface area contributed by atoms with Crippen LogP contribution in [0.15, 0.2) is 41.8 Å². The topological polar surface area (TPSA) is 23.5 Å². The second kappa shape index (κ2) is 7.94. The van der Waals surface area contributed by atoms with Crippen molar-refractivity contribution in [3.63, 3.8) is 0 Å². The lowest BCUT2D eigenvalue weighted by Gasteiger charge is -2.46. The quantitative estimate of drug-likeness (QED) is 0.717. The number of halogens is 3. The molecule has 0 spiro atoms. The number of rotatable bonds is 5. The summed E-state index contributed by atoms with van der Waals surface area (Å²) in [6, 6.07) is 9.52. The lowest BCUT2D eigenvalue weighted by Crippen LogP contribution is -2.48. The van der Waals surface area contributed by atoms with E-state index < -0.39 is 17.3 Å². The van der Waals surface area contributed by atoms with E-state index in [4.69, 9.17) is 0 Å². The van der Waals surface area contributed by atoms with Crippen LogP contribution in [-0.2, 0) is 12.6 Å². The van der Waals surface area contributed by atoms with Crippen molar-refractivity contribution >= 4 is 11.3 Å². The van der Waals surface area contributed by atoms with E-state index in [1.54, 1.807) is 17.4 Å². The summed E-state index contributed by atoms with van der Waals surface area (Å²) in [5.41, 5.74) is -1.12. The van der Waals surface area contributed by atoms with Crippen LogP contribution in [0.4, 0.5) is 13.2 Å². The van der Waals surface area contributed by atoms with Gasteiger partial charge in [0.15, 0.2) is 0 Å². The van der Waals surface area contributed by atoms with Crippen LogP contribution in [0.3, 0.4) is 0 Å². The third kappa shape index (κ3) is 4.55. The molecule has 3 atom stereocenters. The summed E-state index contributed by atoms with van der Waals surface area (Å²) >= 11 is 1.66. The summed E-state index contributed by atoms with van der Waals surface area (Å²) in [6.07, 6.45) is -0.702. The largest absolute Gasteiger partial charge is 0.416 e. The van der Waals surface area contributed by atoms with Crippen LogP contribution in [0.2, 0.25) is 0 Å². The van der Waals surface area contributed by atoms with Crippen LogP contribution >= 0.6 is 11.3 Å². The predicted octanol–water partition coefficient (Wildman–Crippen LogP) is 5.53. The van der Waals surface area contributed by atoms with Gasteiger partial charge in [-0.25, -0.2) is 0 Å². The lowest BCUT2D eigenvalue weighted by molar-refractivity contribution is -0.137. The molecule has 1 aliphatic rings.